The fourth-order valence-corrected chi connectivity index (χ4v) is 1.42. The zero-order valence-corrected chi connectivity index (χ0v) is 9.75. The molecule has 0 spiro atoms. The van der Waals surface area contributed by atoms with Gasteiger partial charge in [-0.25, -0.2) is 4.79 Å². The van der Waals surface area contributed by atoms with E-state index in [1.54, 1.807) is 0 Å². The lowest BCUT2D eigenvalue weighted by Crippen LogP contribution is -2.43. The van der Waals surface area contributed by atoms with Crippen LogP contribution in [-0.4, -0.2) is 23.0 Å². The molecule has 0 aromatic heterocycles. The predicted molar refractivity (Wildman–Crippen MR) is 58.5 cm³/mol. The van der Waals surface area contributed by atoms with E-state index in [9.17, 15) is 9.59 Å². The fraction of sp³-hybridized carbons (Fsp3) is 0.818. The molecular formula is C11H21NO3. The molecule has 0 aliphatic heterocycles. The highest BCUT2D eigenvalue weighted by molar-refractivity contribution is 5.84. The molecule has 1 unspecified atom stereocenters. The lowest BCUT2D eigenvalue weighted by Gasteiger charge is -2.16. The second kappa shape index (κ2) is 7.26. The number of carboxylic acid groups (broad SMARTS) is 1. The third kappa shape index (κ3) is 5.40. The molecular weight excluding hydrogens is 194 g/mol. The van der Waals surface area contributed by atoms with E-state index in [2.05, 4.69) is 5.32 Å². The van der Waals surface area contributed by atoms with Gasteiger partial charge in [0.05, 0.1) is 0 Å². The van der Waals surface area contributed by atoms with Gasteiger partial charge in [-0.3, -0.25) is 4.79 Å². The zero-order valence-electron chi connectivity index (χ0n) is 9.75. The lowest BCUT2D eigenvalue weighted by molar-refractivity contribution is -0.142. The van der Waals surface area contributed by atoms with Crippen LogP contribution in [0.4, 0.5) is 0 Å². The summed E-state index contributed by atoms with van der Waals surface area (Å²) < 4.78 is 0. The van der Waals surface area contributed by atoms with Gasteiger partial charge in [0.15, 0.2) is 0 Å². The summed E-state index contributed by atoms with van der Waals surface area (Å²) in [4.78, 5) is 22.3. The Morgan fingerprint density at radius 1 is 1.20 bits per heavy atom. The van der Waals surface area contributed by atoms with Crippen LogP contribution in [0.5, 0.6) is 0 Å². The van der Waals surface area contributed by atoms with Crippen molar-refractivity contribution in [1.29, 1.82) is 0 Å². The molecule has 0 saturated carbocycles. The van der Waals surface area contributed by atoms with Gasteiger partial charge in [0, 0.05) is 5.92 Å². The minimum Gasteiger partial charge on any atom is -0.480 e. The second-order valence-electron chi connectivity index (χ2n) is 3.88. The first-order chi connectivity index (χ1) is 7.02. The van der Waals surface area contributed by atoms with E-state index in [4.69, 9.17) is 5.11 Å². The Balaban J connectivity index is 4.15. The summed E-state index contributed by atoms with van der Waals surface area (Å²) in [5, 5.41) is 11.4. The minimum atomic E-state index is -0.950. The molecule has 0 rings (SSSR count). The number of carboxylic acids is 1. The maximum absolute atomic E-state index is 11.5. The normalized spacial score (nSPS) is 14.3. The highest BCUT2D eigenvalue weighted by Crippen LogP contribution is 2.06. The maximum Gasteiger partial charge on any atom is 0.326 e. The number of carbonyl (C=O) groups excluding carboxylic acids is 1. The molecule has 4 nitrogen and oxygen atoms in total. The molecule has 0 aromatic rings. The smallest absolute Gasteiger partial charge is 0.326 e. The molecule has 0 fully saturated rings. The van der Waals surface area contributed by atoms with Crippen molar-refractivity contribution in [3.05, 3.63) is 0 Å². The zero-order chi connectivity index (χ0) is 11.8. The van der Waals surface area contributed by atoms with E-state index in [0.717, 1.165) is 19.3 Å². The van der Waals surface area contributed by atoms with Crippen molar-refractivity contribution >= 4 is 11.9 Å². The topological polar surface area (TPSA) is 66.4 Å². The number of nitrogens with one attached hydrogen (secondary N) is 1. The van der Waals surface area contributed by atoms with E-state index in [1.807, 2.05) is 20.8 Å². The highest BCUT2D eigenvalue weighted by Gasteiger charge is 2.21. The summed E-state index contributed by atoms with van der Waals surface area (Å²) in [6.45, 7) is 5.73. The van der Waals surface area contributed by atoms with Crippen LogP contribution in [0.2, 0.25) is 0 Å². The van der Waals surface area contributed by atoms with Crippen LogP contribution in [0.1, 0.15) is 46.5 Å². The van der Waals surface area contributed by atoms with Crippen LogP contribution < -0.4 is 5.32 Å². The molecule has 88 valence electrons. The van der Waals surface area contributed by atoms with Crippen molar-refractivity contribution in [3.8, 4) is 0 Å². The number of hydrogen-bond donors (Lipinski definition) is 2. The first kappa shape index (κ1) is 13.9. The van der Waals surface area contributed by atoms with Crippen LogP contribution in [0.3, 0.4) is 0 Å². The number of carbonyl (C=O) groups is 2. The summed E-state index contributed by atoms with van der Waals surface area (Å²) in [7, 11) is 0. The van der Waals surface area contributed by atoms with Gasteiger partial charge >= 0.3 is 5.97 Å². The molecule has 0 aromatic carbocycles. The monoisotopic (exact) mass is 215 g/mol. The van der Waals surface area contributed by atoms with Gasteiger partial charge in [-0.15, -0.1) is 0 Å². The molecule has 2 N–H and O–H groups in total. The summed E-state index contributed by atoms with van der Waals surface area (Å²) >= 11 is 0. The number of amides is 1. The molecule has 0 bridgehead atoms. The van der Waals surface area contributed by atoms with Gasteiger partial charge in [0.25, 0.3) is 0 Å². The van der Waals surface area contributed by atoms with E-state index in [1.165, 1.54) is 0 Å². The molecule has 0 saturated heterocycles. The molecule has 0 heterocycles. The van der Waals surface area contributed by atoms with Gasteiger partial charge in [-0.1, -0.05) is 33.6 Å². The van der Waals surface area contributed by atoms with Crippen LogP contribution in [0.25, 0.3) is 0 Å². The Kier molecular flexibility index (Phi) is 6.75. The lowest BCUT2D eigenvalue weighted by atomic mass is 10.0. The number of rotatable bonds is 7. The SMILES string of the molecule is CCCC(C)C(=O)N[C@@H](CCC)C(=O)O. The summed E-state index contributed by atoms with van der Waals surface area (Å²) in [6.07, 6.45) is 2.96. The standard InChI is InChI=1S/C11H21NO3/c1-4-6-8(3)10(13)12-9(7-5-2)11(14)15/h8-9H,4-7H2,1-3H3,(H,12,13)(H,14,15)/t8?,9-/m0/s1. The van der Waals surface area contributed by atoms with Crippen molar-refractivity contribution in [3.63, 3.8) is 0 Å². The summed E-state index contributed by atoms with van der Waals surface area (Å²) in [5.74, 6) is -1.21. The predicted octanol–water partition coefficient (Wildman–Crippen LogP) is 1.79. The van der Waals surface area contributed by atoms with E-state index < -0.39 is 12.0 Å². The molecule has 1 amide bonds. The molecule has 15 heavy (non-hydrogen) atoms. The van der Waals surface area contributed by atoms with Crippen molar-refractivity contribution in [2.45, 2.75) is 52.5 Å². The van der Waals surface area contributed by atoms with Crippen LogP contribution >= 0.6 is 0 Å². The average Bonchev–Trinajstić information content (AvgIpc) is 2.17. The minimum absolute atomic E-state index is 0.103. The highest BCUT2D eigenvalue weighted by atomic mass is 16.4. The van der Waals surface area contributed by atoms with E-state index >= 15 is 0 Å². The molecule has 0 aliphatic carbocycles. The Morgan fingerprint density at radius 3 is 2.13 bits per heavy atom. The fourth-order valence-electron chi connectivity index (χ4n) is 1.42. The Bertz CT molecular complexity index is 216. The van der Waals surface area contributed by atoms with Crippen molar-refractivity contribution < 1.29 is 14.7 Å². The third-order valence-electron chi connectivity index (χ3n) is 2.36. The largest absolute Gasteiger partial charge is 0.480 e. The van der Waals surface area contributed by atoms with Crippen molar-refractivity contribution in [1.82, 2.24) is 5.32 Å². The van der Waals surface area contributed by atoms with Crippen LogP contribution in [0, 0.1) is 5.92 Å². The van der Waals surface area contributed by atoms with Crippen LogP contribution in [-0.2, 0) is 9.59 Å². The van der Waals surface area contributed by atoms with Gasteiger partial charge in [0.1, 0.15) is 6.04 Å². The third-order valence-corrected chi connectivity index (χ3v) is 2.36. The average molecular weight is 215 g/mol. The summed E-state index contributed by atoms with van der Waals surface area (Å²) in [6, 6.07) is -0.734. The quantitative estimate of drug-likeness (QED) is 0.680. The van der Waals surface area contributed by atoms with Crippen LogP contribution in [0.15, 0.2) is 0 Å². The number of aliphatic carboxylic acids is 1. The molecule has 0 aliphatic rings. The van der Waals surface area contributed by atoms with E-state index in [-0.39, 0.29) is 11.8 Å². The summed E-state index contributed by atoms with van der Waals surface area (Å²) in [5.41, 5.74) is 0. The molecule has 4 heteroatoms. The van der Waals surface area contributed by atoms with Crippen molar-refractivity contribution in [2.75, 3.05) is 0 Å². The van der Waals surface area contributed by atoms with Gasteiger partial charge in [0.2, 0.25) is 5.91 Å². The van der Waals surface area contributed by atoms with Gasteiger partial charge in [-0.05, 0) is 12.8 Å². The second-order valence-corrected chi connectivity index (χ2v) is 3.88. The Labute approximate surface area is 91.1 Å². The Hall–Kier alpha value is -1.06. The van der Waals surface area contributed by atoms with Gasteiger partial charge < -0.3 is 10.4 Å². The first-order valence-electron chi connectivity index (χ1n) is 5.56. The Morgan fingerprint density at radius 2 is 1.73 bits per heavy atom. The molecule has 0 radical (unpaired) electrons. The van der Waals surface area contributed by atoms with Gasteiger partial charge in [-0.2, -0.15) is 0 Å². The van der Waals surface area contributed by atoms with E-state index in [0.29, 0.717) is 6.42 Å². The first-order valence-corrected chi connectivity index (χ1v) is 5.56. The number of hydrogen-bond acceptors (Lipinski definition) is 2. The maximum atomic E-state index is 11.5. The molecule has 2 atom stereocenters. The van der Waals surface area contributed by atoms with Crippen molar-refractivity contribution in [2.24, 2.45) is 5.92 Å².